The van der Waals surface area contributed by atoms with Crippen LogP contribution < -0.4 is 30.8 Å². The van der Waals surface area contributed by atoms with Crippen molar-refractivity contribution in [2.24, 2.45) is 0 Å². The molecular formula is C51H44N2Si2. The molecule has 4 heteroatoms. The second kappa shape index (κ2) is 14.2. The molecule has 0 spiro atoms. The molecule has 1 heterocycles. The summed E-state index contributed by atoms with van der Waals surface area (Å²) >= 11 is 0. The Morgan fingerprint density at radius 2 is 0.655 bits per heavy atom. The first-order valence-electron chi connectivity index (χ1n) is 19.2. The van der Waals surface area contributed by atoms with Gasteiger partial charge in [0.1, 0.15) is 0 Å². The molecule has 266 valence electrons. The van der Waals surface area contributed by atoms with Crippen molar-refractivity contribution in [2.75, 3.05) is 4.90 Å². The van der Waals surface area contributed by atoms with Crippen LogP contribution in [0, 0.1) is 0 Å². The van der Waals surface area contributed by atoms with Crippen molar-refractivity contribution in [1.82, 2.24) is 4.57 Å². The van der Waals surface area contributed by atoms with E-state index in [0.29, 0.717) is 0 Å². The van der Waals surface area contributed by atoms with Crippen LogP contribution in [-0.2, 0) is 0 Å². The number of hydrogen-bond acceptors (Lipinski definition) is 1. The molecule has 2 nitrogen and oxygen atoms in total. The maximum Gasteiger partial charge on any atom is 0.179 e. The predicted octanol–water partition coefficient (Wildman–Crippen LogP) is 10.2. The summed E-state index contributed by atoms with van der Waals surface area (Å²) in [5.74, 6) is 0. The van der Waals surface area contributed by atoms with Crippen LogP contribution in [0.2, 0.25) is 19.6 Å². The Balaban J connectivity index is 1.19. The van der Waals surface area contributed by atoms with Gasteiger partial charge in [0, 0.05) is 33.5 Å². The molecule has 0 atom stereocenters. The summed E-state index contributed by atoms with van der Waals surface area (Å²) in [4.78, 5) is 2.41. The number of hydrogen-bond donors (Lipinski definition) is 0. The van der Waals surface area contributed by atoms with E-state index in [2.05, 4.69) is 241 Å². The average molecular weight is 741 g/mol. The molecule has 8 aromatic carbocycles. The van der Waals surface area contributed by atoms with E-state index in [0.717, 1.165) is 22.7 Å². The Bertz CT molecular complexity index is 2550. The van der Waals surface area contributed by atoms with E-state index >= 15 is 0 Å². The monoisotopic (exact) mass is 740 g/mol. The van der Waals surface area contributed by atoms with Gasteiger partial charge in [-0.15, -0.1) is 0 Å². The van der Waals surface area contributed by atoms with Gasteiger partial charge in [0.05, 0.1) is 19.1 Å². The van der Waals surface area contributed by atoms with Crippen molar-refractivity contribution in [3.63, 3.8) is 0 Å². The molecule has 1 aromatic heterocycles. The number of nitrogens with zero attached hydrogens (tertiary/aromatic N) is 2. The molecule has 9 aromatic rings. The van der Waals surface area contributed by atoms with E-state index in [1.54, 1.807) is 0 Å². The van der Waals surface area contributed by atoms with Crippen LogP contribution in [-0.4, -0.2) is 20.7 Å². The Morgan fingerprint density at radius 3 is 1.05 bits per heavy atom. The minimum atomic E-state index is -2.64. The van der Waals surface area contributed by atoms with E-state index < -0.39 is 16.1 Å². The van der Waals surface area contributed by atoms with E-state index in [1.807, 2.05) is 0 Å². The first-order valence-corrected chi connectivity index (χ1v) is 24.7. The van der Waals surface area contributed by atoms with Crippen LogP contribution in [0.3, 0.4) is 0 Å². The second-order valence-corrected chi connectivity index (χ2v) is 24.3. The number of benzene rings is 8. The molecule has 0 bridgehead atoms. The van der Waals surface area contributed by atoms with Crippen molar-refractivity contribution in [3.8, 4) is 5.69 Å². The molecule has 0 aliphatic rings. The van der Waals surface area contributed by atoms with Gasteiger partial charge in [-0.3, -0.25) is 0 Å². The van der Waals surface area contributed by atoms with Gasteiger partial charge < -0.3 is 9.47 Å². The Morgan fingerprint density at radius 1 is 0.327 bits per heavy atom. The van der Waals surface area contributed by atoms with Gasteiger partial charge in [0.15, 0.2) is 8.07 Å². The lowest BCUT2D eigenvalue weighted by Gasteiger charge is -2.35. The van der Waals surface area contributed by atoms with Crippen molar-refractivity contribution >= 4 is 80.9 Å². The van der Waals surface area contributed by atoms with Gasteiger partial charge in [0.2, 0.25) is 0 Å². The van der Waals surface area contributed by atoms with Gasteiger partial charge in [0.25, 0.3) is 0 Å². The molecule has 0 aliphatic carbocycles. The fraction of sp³-hybridized carbons (Fsp3) is 0.0588. The topological polar surface area (TPSA) is 8.17 Å². The smallest absolute Gasteiger partial charge is 0.179 e. The van der Waals surface area contributed by atoms with Crippen LogP contribution in [0.1, 0.15) is 0 Å². The molecule has 55 heavy (non-hydrogen) atoms. The average Bonchev–Trinajstić information content (AvgIpc) is 3.58. The molecule has 0 radical (unpaired) electrons. The van der Waals surface area contributed by atoms with Crippen LogP contribution in [0.15, 0.2) is 212 Å². The second-order valence-electron chi connectivity index (χ2n) is 15.4. The first-order chi connectivity index (χ1) is 26.9. The van der Waals surface area contributed by atoms with Gasteiger partial charge >= 0.3 is 0 Å². The number of aromatic nitrogens is 1. The zero-order chi connectivity index (χ0) is 37.4. The summed E-state index contributed by atoms with van der Waals surface area (Å²) in [6, 6.07) is 78.7. The summed E-state index contributed by atoms with van der Waals surface area (Å²) in [5, 5.41) is 9.48. The standard InChI is InChI=1S/C51H44N2Si2/c1-54(2,3)43-35-31-40(32-36-43)52(39-27-29-42(30-28-39)53-50-25-15-13-23-48(50)49-24-14-16-26-51(49)53)41-33-37-47(38-34-41)55(44-17-7-4-8-18-44,45-19-9-5-10-20-45)46-21-11-6-12-22-46/h4-38H,1-3H3. The largest absolute Gasteiger partial charge is 0.311 e. The zero-order valence-corrected chi connectivity index (χ0v) is 33.6. The first kappa shape index (κ1) is 34.6. The number of anilines is 3. The zero-order valence-electron chi connectivity index (χ0n) is 31.6. The van der Waals surface area contributed by atoms with Gasteiger partial charge in [-0.25, -0.2) is 0 Å². The highest BCUT2D eigenvalue weighted by Gasteiger charge is 2.41. The van der Waals surface area contributed by atoms with Gasteiger partial charge in [-0.05, 0) is 81.4 Å². The van der Waals surface area contributed by atoms with Gasteiger partial charge in [-0.1, -0.05) is 176 Å². The SMILES string of the molecule is C[Si](C)(C)c1ccc(N(c2ccc(-n3c4ccccc4c4ccccc43)cc2)c2ccc([Si](c3ccccc3)(c3ccccc3)c3ccccc3)cc2)cc1. The quantitative estimate of drug-likeness (QED) is 0.106. The molecule has 9 rings (SSSR count). The predicted molar refractivity (Wildman–Crippen MR) is 242 cm³/mol. The summed E-state index contributed by atoms with van der Waals surface area (Å²) in [6.45, 7) is 7.23. The summed E-state index contributed by atoms with van der Waals surface area (Å²) in [7, 11) is -4.12. The molecule has 0 N–H and O–H groups in total. The summed E-state index contributed by atoms with van der Waals surface area (Å²) in [5.41, 5.74) is 6.98. The summed E-state index contributed by atoms with van der Waals surface area (Å²) < 4.78 is 2.39. The van der Waals surface area contributed by atoms with Gasteiger partial charge in [-0.2, -0.15) is 0 Å². The Labute approximate surface area is 326 Å². The fourth-order valence-corrected chi connectivity index (χ4v) is 14.3. The maximum atomic E-state index is 2.41. The molecule has 0 saturated carbocycles. The number of para-hydroxylation sites is 2. The van der Waals surface area contributed by atoms with Crippen LogP contribution in [0.25, 0.3) is 27.5 Å². The minimum Gasteiger partial charge on any atom is -0.311 e. The van der Waals surface area contributed by atoms with E-state index in [4.69, 9.17) is 0 Å². The van der Waals surface area contributed by atoms with Crippen LogP contribution >= 0.6 is 0 Å². The highest BCUT2D eigenvalue weighted by Crippen LogP contribution is 2.36. The number of fused-ring (bicyclic) bond motifs is 3. The van der Waals surface area contributed by atoms with Crippen molar-refractivity contribution < 1.29 is 0 Å². The molecule has 0 saturated heterocycles. The lowest BCUT2D eigenvalue weighted by atomic mass is 10.1. The minimum absolute atomic E-state index is 1.12. The van der Waals surface area contributed by atoms with Crippen LogP contribution in [0.5, 0.6) is 0 Å². The third kappa shape index (κ3) is 6.14. The normalized spacial score (nSPS) is 11.9. The van der Waals surface area contributed by atoms with Crippen molar-refractivity contribution in [3.05, 3.63) is 212 Å². The highest BCUT2D eigenvalue weighted by atomic mass is 28.3. The third-order valence-corrected chi connectivity index (χ3v) is 18.0. The molecule has 0 amide bonds. The molecule has 0 unspecified atom stereocenters. The number of rotatable bonds is 9. The van der Waals surface area contributed by atoms with E-state index in [-0.39, 0.29) is 0 Å². The highest BCUT2D eigenvalue weighted by molar-refractivity contribution is 7.19. The van der Waals surface area contributed by atoms with E-state index in [1.165, 1.54) is 47.7 Å². The lowest BCUT2D eigenvalue weighted by molar-refractivity contribution is 1.17. The Kier molecular flexibility index (Phi) is 8.93. The maximum absolute atomic E-state index is 2.64. The van der Waals surface area contributed by atoms with E-state index in [9.17, 15) is 0 Å². The Hall–Kier alpha value is -6.21. The molecule has 0 aliphatic heterocycles. The van der Waals surface area contributed by atoms with Crippen molar-refractivity contribution in [2.45, 2.75) is 19.6 Å². The van der Waals surface area contributed by atoms with Crippen molar-refractivity contribution in [1.29, 1.82) is 0 Å². The lowest BCUT2D eigenvalue weighted by Crippen LogP contribution is -2.74. The third-order valence-electron chi connectivity index (χ3n) is 11.1. The molecular weight excluding hydrogens is 697 g/mol. The van der Waals surface area contributed by atoms with Crippen LogP contribution in [0.4, 0.5) is 17.1 Å². The molecule has 0 fully saturated rings. The summed E-state index contributed by atoms with van der Waals surface area (Å²) in [6.07, 6.45) is 0. The fourth-order valence-electron chi connectivity index (χ4n) is 8.43.